The molecule has 2 aliphatic carbocycles. The molecule has 0 fully saturated rings. The second-order valence-corrected chi connectivity index (χ2v) is 21.2. The van der Waals surface area contributed by atoms with Crippen molar-refractivity contribution < 1.29 is 0 Å². The highest BCUT2D eigenvalue weighted by atomic mass is 15.1. The quantitative estimate of drug-likeness (QED) is 0.135. The topological polar surface area (TPSA) is 6.48 Å². The van der Waals surface area contributed by atoms with Crippen molar-refractivity contribution in [3.8, 4) is 22.3 Å². The first kappa shape index (κ1) is 44.5. The first-order valence-corrected chi connectivity index (χ1v) is 25.9. The molecule has 2 nitrogen and oxygen atoms in total. The molecule has 0 saturated carbocycles. The molecule has 0 amide bonds. The highest BCUT2D eigenvalue weighted by Crippen LogP contribution is 2.66. The summed E-state index contributed by atoms with van der Waals surface area (Å²) in [5, 5.41) is 5.25. The average Bonchev–Trinajstić information content (AvgIpc) is 3.87. The van der Waals surface area contributed by atoms with Crippen LogP contribution >= 0.6 is 0 Å². The van der Waals surface area contributed by atoms with Crippen LogP contribution in [-0.2, 0) is 5.41 Å². The van der Waals surface area contributed by atoms with E-state index in [4.69, 9.17) is 0 Å². The number of fused-ring (bicyclic) bond motifs is 14. The summed E-state index contributed by atoms with van der Waals surface area (Å²) in [6.45, 7) is 18.5. The Morgan fingerprint density at radius 3 is 0.986 bits per heavy atom. The molecule has 2 aliphatic rings. The fourth-order valence-electron chi connectivity index (χ4n) is 12.3. The molecule has 0 heterocycles. The Morgan fingerprint density at radius 1 is 0.282 bits per heavy atom. The van der Waals surface area contributed by atoms with E-state index in [0.29, 0.717) is 11.8 Å². The molecule has 10 aromatic rings. The van der Waals surface area contributed by atoms with Crippen LogP contribution < -0.4 is 9.80 Å². The Morgan fingerprint density at radius 2 is 0.620 bits per heavy atom. The van der Waals surface area contributed by atoms with Gasteiger partial charge in [-0.15, -0.1) is 0 Å². The summed E-state index contributed by atoms with van der Waals surface area (Å²) < 4.78 is 0. The lowest BCUT2D eigenvalue weighted by Gasteiger charge is -2.34. The number of anilines is 6. The Bertz CT molecular complexity index is 3390. The van der Waals surface area contributed by atoms with Crippen LogP contribution in [0, 0.1) is 0 Å². The van der Waals surface area contributed by atoms with Crippen molar-refractivity contribution in [2.75, 3.05) is 9.80 Å². The molecule has 0 aromatic heterocycles. The molecular formula is C69H62N2. The van der Waals surface area contributed by atoms with Crippen LogP contribution in [0.15, 0.2) is 206 Å². The number of nitrogens with zero attached hydrogens (tertiary/aromatic N) is 2. The van der Waals surface area contributed by atoms with Crippen molar-refractivity contribution in [2.24, 2.45) is 0 Å². The number of benzene rings is 10. The predicted octanol–water partition coefficient (Wildman–Crippen LogP) is 19.8. The molecule has 0 aliphatic heterocycles. The van der Waals surface area contributed by atoms with Gasteiger partial charge in [0.25, 0.3) is 0 Å². The lowest BCUT2D eigenvalue weighted by atomic mass is 9.67. The van der Waals surface area contributed by atoms with Gasteiger partial charge in [-0.2, -0.15) is 0 Å². The van der Waals surface area contributed by atoms with E-state index in [2.05, 4.69) is 271 Å². The second kappa shape index (κ2) is 17.3. The average molecular weight is 919 g/mol. The fourth-order valence-corrected chi connectivity index (χ4v) is 12.3. The number of hydrogen-bond acceptors (Lipinski definition) is 2. The van der Waals surface area contributed by atoms with Crippen molar-refractivity contribution in [2.45, 2.75) is 84.5 Å². The van der Waals surface area contributed by atoms with Crippen molar-refractivity contribution in [3.63, 3.8) is 0 Å². The van der Waals surface area contributed by atoms with E-state index in [9.17, 15) is 0 Å². The maximum absolute atomic E-state index is 2.59. The normalized spacial score (nSPS) is 13.1. The fraction of sp³-hybridized carbons (Fsp3) is 0.188. The first-order chi connectivity index (χ1) is 34.5. The van der Waals surface area contributed by atoms with Gasteiger partial charge in [0.15, 0.2) is 0 Å². The predicted molar refractivity (Wildman–Crippen MR) is 303 cm³/mol. The molecule has 2 heteroatoms. The Labute approximate surface area is 420 Å². The van der Waals surface area contributed by atoms with E-state index in [0.717, 1.165) is 34.1 Å². The van der Waals surface area contributed by atoms with Crippen LogP contribution in [0.3, 0.4) is 0 Å². The molecule has 0 radical (unpaired) electrons. The summed E-state index contributed by atoms with van der Waals surface area (Å²) in [6, 6.07) is 78.5. The monoisotopic (exact) mass is 918 g/mol. The molecular weight excluding hydrogens is 857 g/mol. The van der Waals surface area contributed by atoms with Gasteiger partial charge < -0.3 is 9.80 Å². The van der Waals surface area contributed by atoms with Crippen LogP contribution in [0.5, 0.6) is 0 Å². The molecule has 0 atom stereocenters. The third kappa shape index (κ3) is 6.97. The molecule has 1 spiro atoms. The number of hydrogen-bond donors (Lipinski definition) is 0. The maximum Gasteiger partial charge on any atom is 0.0737 e. The second-order valence-electron chi connectivity index (χ2n) is 21.2. The van der Waals surface area contributed by atoms with Crippen LogP contribution in [0.2, 0.25) is 0 Å². The molecule has 0 bridgehead atoms. The Balaban J connectivity index is 1.16. The maximum atomic E-state index is 2.59. The Hall–Kier alpha value is -7.68. The smallest absolute Gasteiger partial charge is 0.0737 e. The van der Waals surface area contributed by atoms with Gasteiger partial charge in [0.05, 0.1) is 5.41 Å². The highest BCUT2D eigenvalue weighted by Gasteiger charge is 2.53. The molecule has 348 valence electrons. The minimum atomic E-state index is -0.569. The molecule has 0 N–H and O–H groups in total. The molecule has 0 unspecified atom stereocenters. The van der Waals surface area contributed by atoms with Crippen LogP contribution in [0.1, 0.15) is 124 Å². The summed E-state index contributed by atoms with van der Waals surface area (Å²) in [4.78, 5) is 4.87. The molecule has 10 aromatic carbocycles. The van der Waals surface area contributed by atoms with E-state index in [1.54, 1.807) is 0 Å². The first-order valence-electron chi connectivity index (χ1n) is 25.9. The van der Waals surface area contributed by atoms with Crippen LogP contribution in [0.25, 0.3) is 43.8 Å². The van der Waals surface area contributed by atoms with Crippen molar-refractivity contribution in [1.29, 1.82) is 0 Å². The lowest BCUT2D eigenvalue weighted by Crippen LogP contribution is -2.27. The van der Waals surface area contributed by atoms with Gasteiger partial charge in [0.2, 0.25) is 0 Å². The summed E-state index contributed by atoms with van der Waals surface area (Å²) in [5.74, 6) is 1.48. The zero-order chi connectivity index (χ0) is 48.7. The van der Waals surface area contributed by atoms with Gasteiger partial charge in [-0.1, -0.05) is 177 Å². The van der Waals surface area contributed by atoms with Gasteiger partial charge in [-0.25, -0.2) is 0 Å². The largest absolute Gasteiger partial charge is 0.310 e. The standard InChI is InChI=1S/C69H62N2/c1-43(2)47-27-31-51(32-28-47)70(49-19-11-9-12-20-49)53-35-37-57-61(39-53)59(45(5)6)41-63-64-42-60(46(7)8)62-40-54(71(50-21-13-10-14-22-50)52-33-29-48(30-34-52)44(3)4)36-38-58(62)68(64)69(67(57)63)65-25-17-15-23-55(65)56-24-16-18-26-66(56)69/h9-46H,1-8H3. The summed E-state index contributed by atoms with van der Waals surface area (Å²) in [7, 11) is 0. The van der Waals surface area contributed by atoms with Crippen LogP contribution in [-0.4, -0.2) is 0 Å². The van der Waals surface area contributed by atoms with Crippen LogP contribution in [0.4, 0.5) is 34.1 Å². The molecule has 12 rings (SSSR count). The summed E-state index contributed by atoms with van der Waals surface area (Å²) >= 11 is 0. The van der Waals surface area contributed by atoms with E-state index < -0.39 is 5.41 Å². The van der Waals surface area contributed by atoms with E-state index in [1.807, 2.05) is 0 Å². The highest BCUT2D eigenvalue weighted by molar-refractivity contribution is 6.11. The summed E-state index contributed by atoms with van der Waals surface area (Å²) in [6.07, 6.45) is 0. The van der Waals surface area contributed by atoms with Crippen molar-refractivity contribution in [1.82, 2.24) is 0 Å². The third-order valence-corrected chi connectivity index (χ3v) is 15.7. The van der Waals surface area contributed by atoms with Gasteiger partial charge >= 0.3 is 0 Å². The van der Waals surface area contributed by atoms with E-state index >= 15 is 0 Å². The van der Waals surface area contributed by atoms with E-state index in [-0.39, 0.29) is 11.8 Å². The molecule has 71 heavy (non-hydrogen) atoms. The number of rotatable bonds is 10. The van der Waals surface area contributed by atoms with Crippen molar-refractivity contribution in [3.05, 3.63) is 251 Å². The molecule has 0 saturated heterocycles. The minimum Gasteiger partial charge on any atom is -0.310 e. The minimum absolute atomic E-state index is 0.280. The summed E-state index contributed by atoms with van der Waals surface area (Å²) in [5.41, 5.74) is 22.6. The van der Waals surface area contributed by atoms with Crippen molar-refractivity contribution >= 4 is 55.7 Å². The zero-order valence-electron chi connectivity index (χ0n) is 42.3. The third-order valence-electron chi connectivity index (χ3n) is 15.7. The zero-order valence-corrected chi connectivity index (χ0v) is 42.3. The SMILES string of the molecule is CC(C)c1ccc(N(c2ccccc2)c2ccc3c4c(cc(C(C)C)c3c2)-c2cc(C(C)C)c3cc(N(c5ccccc5)c5ccc(C(C)C)cc5)ccc3c2C42c3ccccc3-c3ccccc32)cc1. The number of para-hydroxylation sites is 2. The van der Waals surface area contributed by atoms with Gasteiger partial charge in [-0.3, -0.25) is 0 Å². The van der Waals surface area contributed by atoms with Gasteiger partial charge in [0.1, 0.15) is 0 Å². The van der Waals surface area contributed by atoms with E-state index in [1.165, 1.54) is 88.3 Å². The van der Waals surface area contributed by atoms with Gasteiger partial charge in [-0.05, 0) is 197 Å². The lowest BCUT2D eigenvalue weighted by molar-refractivity contribution is 0.806. The van der Waals surface area contributed by atoms with Gasteiger partial charge in [0, 0.05) is 34.1 Å². The Kier molecular flexibility index (Phi) is 10.9.